The Hall–Kier alpha value is -3.06. The molecule has 2 N–H and O–H groups in total. The summed E-state index contributed by atoms with van der Waals surface area (Å²) in [5, 5.41) is 13.7. The fraction of sp³-hybridized carbons (Fsp3) is 0.345. The van der Waals surface area contributed by atoms with Crippen molar-refractivity contribution < 1.29 is 23.8 Å². The number of phenolic OH excluding ortho intramolecular Hbond substituents is 1. The lowest BCUT2D eigenvalue weighted by Gasteiger charge is -2.31. The Morgan fingerprint density at radius 2 is 1.72 bits per heavy atom. The lowest BCUT2D eigenvalue weighted by atomic mass is 9.78. The number of carbonyl (C=O) groups is 1. The summed E-state index contributed by atoms with van der Waals surface area (Å²) in [7, 11) is 3.24. The molecule has 1 saturated carbocycles. The Kier molecular flexibility index (Phi) is 8.19. The topological polar surface area (TPSA) is 67.8 Å². The van der Waals surface area contributed by atoms with E-state index in [4.69, 9.17) is 9.47 Å². The van der Waals surface area contributed by atoms with E-state index in [0.29, 0.717) is 23.6 Å². The minimum absolute atomic E-state index is 0.0953. The summed E-state index contributed by atoms with van der Waals surface area (Å²) < 4.78 is 25.3. The molecular weight excluding hydrogens is 525 g/mol. The van der Waals surface area contributed by atoms with Gasteiger partial charge in [0.2, 0.25) is 5.91 Å². The van der Waals surface area contributed by atoms with Gasteiger partial charge in [-0.3, -0.25) is 4.79 Å². The smallest absolute Gasteiger partial charge is 0.220 e. The predicted octanol–water partition coefficient (Wildman–Crippen LogP) is 6.46. The van der Waals surface area contributed by atoms with Crippen molar-refractivity contribution >= 4 is 21.8 Å². The Bertz CT molecular complexity index is 1210. The lowest BCUT2D eigenvalue weighted by molar-refractivity contribution is -0.121. The molecule has 3 aromatic rings. The molecule has 190 valence electrons. The number of nitrogens with one attached hydrogen (secondary N) is 1. The third-order valence-electron chi connectivity index (χ3n) is 7.21. The second kappa shape index (κ2) is 11.3. The first-order chi connectivity index (χ1) is 17.3. The molecule has 1 aliphatic carbocycles. The maximum Gasteiger partial charge on any atom is 0.220 e. The number of carbonyl (C=O) groups excluding carboxylic acids is 1. The molecule has 0 radical (unpaired) electrons. The van der Waals surface area contributed by atoms with Gasteiger partial charge < -0.3 is 19.9 Å². The SMILES string of the molecule is COc1ccc(C2(CNC(=O)C[C@@H](c3ccc(F)cc3)c3cc(Br)ccc3O)CCCC2)cc1OC. The van der Waals surface area contributed by atoms with Crippen LogP contribution in [-0.2, 0) is 10.2 Å². The quantitative estimate of drug-likeness (QED) is 0.318. The van der Waals surface area contributed by atoms with Gasteiger partial charge in [-0.05, 0) is 66.4 Å². The summed E-state index contributed by atoms with van der Waals surface area (Å²) >= 11 is 3.45. The Morgan fingerprint density at radius 3 is 2.39 bits per heavy atom. The van der Waals surface area contributed by atoms with Crippen molar-refractivity contribution in [3.8, 4) is 17.2 Å². The molecule has 3 aromatic carbocycles. The van der Waals surface area contributed by atoms with E-state index >= 15 is 0 Å². The van der Waals surface area contributed by atoms with Crippen molar-refractivity contribution in [2.24, 2.45) is 0 Å². The Morgan fingerprint density at radius 1 is 1.03 bits per heavy atom. The highest BCUT2D eigenvalue weighted by molar-refractivity contribution is 9.10. The van der Waals surface area contributed by atoms with Crippen molar-refractivity contribution in [1.82, 2.24) is 5.32 Å². The van der Waals surface area contributed by atoms with E-state index in [0.717, 1.165) is 41.3 Å². The summed E-state index contributed by atoms with van der Waals surface area (Å²) in [5.41, 5.74) is 2.31. The zero-order valence-corrected chi connectivity index (χ0v) is 22.1. The van der Waals surface area contributed by atoms with Crippen LogP contribution in [0.3, 0.4) is 0 Å². The third kappa shape index (κ3) is 5.67. The van der Waals surface area contributed by atoms with Crippen LogP contribution in [0.4, 0.5) is 4.39 Å². The van der Waals surface area contributed by atoms with Crippen LogP contribution >= 0.6 is 15.9 Å². The molecule has 0 bridgehead atoms. The molecule has 0 aliphatic heterocycles. The molecular formula is C29H31BrFNO4. The first-order valence-electron chi connectivity index (χ1n) is 12.1. The van der Waals surface area contributed by atoms with Gasteiger partial charge in [0.1, 0.15) is 11.6 Å². The van der Waals surface area contributed by atoms with Crippen LogP contribution in [-0.4, -0.2) is 31.8 Å². The van der Waals surface area contributed by atoms with E-state index < -0.39 is 5.92 Å². The molecule has 0 aromatic heterocycles. The first-order valence-corrected chi connectivity index (χ1v) is 12.9. The number of halogens is 2. The van der Waals surface area contributed by atoms with Crippen LogP contribution in [0.1, 0.15) is 54.7 Å². The maximum atomic E-state index is 13.6. The molecule has 0 saturated heterocycles. The van der Waals surface area contributed by atoms with Crippen LogP contribution in [0.5, 0.6) is 17.2 Å². The first kappa shape index (κ1) is 26.0. The second-order valence-corrected chi connectivity index (χ2v) is 10.3. The van der Waals surface area contributed by atoms with E-state index in [1.165, 1.54) is 12.1 Å². The zero-order chi connectivity index (χ0) is 25.7. The second-order valence-electron chi connectivity index (χ2n) is 9.35. The van der Waals surface area contributed by atoms with E-state index in [-0.39, 0.29) is 29.3 Å². The van der Waals surface area contributed by atoms with E-state index in [1.807, 2.05) is 12.1 Å². The minimum Gasteiger partial charge on any atom is -0.508 e. The number of aromatic hydroxyl groups is 1. The van der Waals surface area contributed by atoms with Gasteiger partial charge in [-0.15, -0.1) is 0 Å². The predicted molar refractivity (Wildman–Crippen MR) is 141 cm³/mol. The van der Waals surface area contributed by atoms with Gasteiger partial charge in [0.05, 0.1) is 14.2 Å². The molecule has 5 nitrogen and oxygen atoms in total. The maximum absolute atomic E-state index is 13.6. The normalized spacial score (nSPS) is 15.3. The number of benzene rings is 3. The molecule has 7 heteroatoms. The van der Waals surface area contributed by atoms with E-state index in [9.17, 15) is 14.3 Å². The zero-order valence-electron chi connectivity index (χ0n) is 20.5. The molecule has 36 heavy (non-hydrogen) atoms. The fourth-order valence-electron chi connectivity index (χ4n) is 5.22. The minimum atomic E-state index is -0.427. The van der Waals surface area contributed by atoms with Crippen molar-refractivity contribution in [2.75, 3.05) is 20.8 Å². The van der Waals surface area contributed by atoms with Crippen LogP contribution in [0.15, 0.2) is 65.1 Å². The van der Waals surface area contributed by atoms with Crippen LogP contribution in [0, 0.1) is 5.82 Å². The van der Waals surface area contributed by atoms with E-state index in [2.05, 4.69) is 27.3 Å². The number of methoxy groups -OCH3 is 2. The number of amides is 1. The van der Waals surface area contributed by atoms with E-state index in [1.54, 1.807) is 44.6 Å². The van der Waals surface area contributed by atoms with Gasteiger partial charge in [-0.1, -0.05) is 47.0 Å². The van der Waals surface area contributed by atoms with Crippen LogP contribution in [0.2, 0.25) is 0 Å². The highest BCUT2D eigenvalue weighted by atomic mass is 79.9. The number of hydrogen-bond donors (Lipinski definition) is 2. The van der Waals surface area contributed by atoms with Gasteiger partial charge in [-0.25, -0.2) is 4.39 Å². The lowest BCUT2D eigenvalue weighted by Crippen LogP contribution is -2.39. The number of hydrogen-bond acceptors (Lipinski definition) is 4. The largest absolute Gasteiger partial charge is 0.508 e. The fourth-order valence-corrected chi connectivity index (χ4v) is 5.60. The van der Waals surface area contributed by atoms with Crippen molar-refractivity contribution in [1.29, 1.82) is 0 Å². The van der Waals surface area contributed by atoms with Crippen LogP contribution < -0.4 is 14.8 Å². The highest BCUT2D eigenvalue weighted by Crippen LogP contribution is 2.43. The van der Waals surface area contributed by atoms with Crippen LogP contribution in [0.25, 0.3) is 0 Å². The Labute approximate surface area is 219 Å². The van der Waals surface area contributed by atoms with Gasteiger partial charge in [0, 0.05) is 34.3 Å². The summed E-state index contributed by atoms with van der Waals surface area (Å²) in [6.07, 6.45) is 4.24. The average Bonchev–Trinajstić information content (AvgIpc) is 3.38. The Balaban J connectivity index is 1.56. The number of phenols is 1. The molecule has 1 amide bonds. The highest BCUT2D eigenvalue weighted by Gasteiger charge is 2.37. The van der Waals surface area contributed by atoms with Crippen molar-refractivity contribution in [3.63, 3.8) is 0 Å². The summed E-state index contributed by atoms with van der Waals surface area (Å²) in [5.74, 6) is 0.541. The molecule has 4 rings (SSSR count). The molecule has 0 heterocycles. The molecule has 0 spiro atoms. The monoisotopic (exact) mass is 555 g/mol. The molecule has 1 fully saturated rings. The average molecular weight is 556 g/mol. The third-order valence-corrected chi connectivity index (χ3v) is 7.70. The molecule has 1 atom stereocenters. The summed E-state index contributed by atoms with van der Waals surface area (Å²) in [6, 6.07) is 17.2. The van der Waals surface area contributed by atoms with Crippen molar-refractivity contribution in [3.05, 3.63) is 87.6 Å². The summed E-state index contributed by atoms with van der Waals surface area (Å²) in [4.78, 5) is 13.3. The van der Waals surface area contributed by atoms with Gasteiger partial charge in [-0.2, -0.15) is 0 Å². The molecule has 0 unspecified atom stereocenters. The number of ether oxygens (including phenoxy) is 2. The van der Waals surface area contributed by atoms with Gasteiger partial charge >= 0.3 is 0 Å². The van der Waals surface area contributed by atoms with Gasteiger partial charge in [0.25, 0.3) is 0 Å². The molecule has 1 aliphatic rings. The van der Waals surface area contributed by atoms with Gasteiger partial charge in [0.15, 0.2) is 11.5 Å². The van der Waals surface area contributed by atoms with Crippen molar-refractivity contribution in [2.45, 2.75) is 43.4 Å². The summed E-state index contributed by atoms with van der Waals surface area (Å²) in [6.45, 7) is 0.502. The number of rotatable bonds is 9. The standard InChI is InChI=1S/C29H31BrFNO4/c1-35-26-12-7-20(15-27(26)36-2)29(13-3-4-14-29)18-32-28(34)17-23(19-5-9-22(31)10-6-19)24-16-21(30)8-11-25(24)33/h5-12,15-16,23,33H,3-4,13-14,17-18H2,1-2H3,(H,32,34)/t23-/m0/s1.